The lowest BCUT2D eigenvalue weighted by Crippen LogP contribution is -2.45. The average Bonchev–Trinajstić information content (AvgIpc) is 2.27. The maximum atomic E-state index is 11.6. The van der Waals surface area contributed by atoms with Gasteiger partial charge in [-0.2, -0.15) is 4.98 Å². The number of hydrogen-bond acceptors (Lipinski definition) is 7. The number of carbonyl (C=O) groups excluding carboxylic acids is 1. The molecule has 8 heteroatoms. The monoisotopic (exact) mass is 239 g/mol. The van der Waals surface area contributed by atoms with Crippen LogP contribution in [0.4, 0.5) is 17.5 Å². The van der Waals surface area contributed by atoms with Gasteiger partial charge in [0.2, 0.25) is 5.95 Å². The minimum atomic E-state index is -1.09. The first-order valence-electron chi connectivity index (χ1n) is 5.11. The molecule has 0 aliphatic carbocycles. The van der Waals surface area contributed by atoms with Crippen molar-refractivity contribution in [3.05, 3.63) is 10.4 Å². The van der Waals surface area contributed by atoms with E-state index in [9.17, 15) is 14.7 Å². The third-order valence-electron chi connectivity index (χ3n) is 2.49. The van der Waals surface area contributed by atoms with Crippen molar-refractivity contribution < 1.29 is 9.90 Å². The van der Waals surface area contributed by atoms with Gasteiger partial charge in [0.15, 0.2) is 11.6 Å². The number of nitrogen functional groups attached to an aromatic ring is 1. The second-order valence-corrected chi connectivity index (χ2v) is 3.83. The number of aromatic nitrogens is 2. The van der Waals surface area contributed by atoms with Gasteiger partial charge in [-0.15, -0.1) is 0 Å². The minimum absolute atomic E-state index is 0.00310. The molecule has 0 saturated carbocycles. The Labute approximate surface area is 96.2 Å². The van der Waals surface area contributed by atoms with Crippen molar-refractivity contribution in [3.63, 3.8) is 0 Å². The van der Waals surface area contributed by atoms with E-state index in [0.29, 0.717) is 5.82 Å². The lowest BCUT2D eigenvalue weighted by molar-refractivity contribution is -0.126. The van der Waals surface area contributed by atoms with Crippen LogP contribution in [0, 0.1) is 0 Å². The van der Waals surface area contributed by atoms with Crippen LogP contribution in [0.25, 0.3) is 0 Å². The van der Waals surface area contributed by atoms with Crippen LogP contribution in [0.3, 0.4) is 0 Å². The fraction of sp³-hybridized carbons (Fsp3) is 0.444. The maximum Gasteiger partial charge on any atom is 0.277 e. The van der Waals surface area contributed by atoms with Crippen LogP contribution in [0.5, 0.6) is 0 Å². The van der Waals surface area contributed by atoms with E-state index >= 15 is 0 Å². The van der Waals surface area contributed by atoms with E-state index in [1.165, 1.54) is 6.92 Å². The van der Waals surface area contributed by atoms with Crippen molar-refractivity contribution in [2.75, 3.05) is 22.9 Å². The van der Waals surface area contributed by atoms with Crippen LogP contribution in [0.2, 0.25) is 0 Å². The number of anilines is 3. The normalized spacial score (nSPS) is 19.8. The number of aromatic amines is 1. The molecule has 2 atom stereocenters. The molecule has 2 heterocycles. The number of aliphatic hydroxyl groups is 1. The Hall–Kier alpha value is -2.09. The number of aliphatic hydroxyl groups excluding tert-OH is 1. The number of rotatable bonds is 2. The highest BCUT2D eigenvalue weighted by atomic mass is 16.3. The number of H-pyrrole nitrogens is 1. The molecule has 0 aromatic carbocycles. The smallest absolute Gasteiger partial charge is 0.277 e. The van der Waals surface area contributed by atoms with E-state index < -0.39 is 17.7 Å². The van der Waals surface area contributed by atoms with Crippen LogP contribution < -0.4 is 21.9 Å². The van der Waals surface area contributed by atoms with Gasteiger partial charge in [0.25, 0.3) is 5.56 Å². The van der Waals surface area contributed by atoms with Gasteiger partial charge in [-0.1, -0.05) is 0 Å². The summed E-state index contributed by atoms with van der Waals surface area (Å²) >= 11 is 0. The first kappa shape index (κ1) is 11.4. The summed E-state index contributed by atoms with van der Waals surface area (Å²) in [6.45, 7) is 1.62. The van der Waals surface area contributed by atoms with Crippen molar-refractivity contribution in [2.24, 2.45) is 0 Å². The molecule has 1 aliphatic heterocycles. The molecular formula is C9H13N5O3. The van der Waals surface area contributed by atoms with Crippen LogP contribution in [0.15, 0.2) is 4.79 Å². The Kier molecular flexibility index (Phi) is 2.72. The van der Waals surface area contributed by atoms with Gasteiger partial charge in [0.05, 0.1) is 0 Å². The number of nitrogens with one attached hydrogen (secondary N) is 3. The van der Waals surface area contributed by atoms with Crippen LogP contribution >= 0.6 is 0 Å². The number of carbonyl (C=O) groups is 1. The van der Waals surface area contributed by atoms with E-state index in [-0.39, 0.29) is 24.0 Å². The first-order valence-corrected chi connectivity index (χ1v) is 5.11. The molecule has 0 spiro atoms. The summed E-state index contributed by atoms with van der Waals surface area (Å²) in [5, 5.41) is 14.8. The lowest BCUT2D eigenvalue weighted by Gasteiger charge is -2.26. The SMILES string of the molecule is C[C@@H](O)C(=O)C1CNc2nc(N)[nH]c(=O)c2N1. The average molecular weight is 239 g/mol. The standard InChI is InChI=1S/C9H13N5O3/c1-3(15)6(16)4-2-11-7-5(12-4)8(17)14-9(10)13-7/h3-4,12,15H,2H2,1H3,(H4,10,11,13,14,17)/t3-,4?/m1/s1. The molecule has 8 nitrogen and oxygen atoms in total. The maximum absolute atomic E-state index is 11.6. The van der Waals surface area contributed by atoms with E-state index in [1.54, 1.807) is 0 Å². The lowest BCUT2D eigenvalue weighted by atomic mass is 10.1. The number of ketones is 1. The molecule has 0 fully saturated rings. The highest BCUT2D eigenvalue weighted by molar-refractivity contribution is 5.92. The Morgan fingerprint density at radius 1 is 1.65 bits per heavy atom. The molecule has 0 amide bonds. The highest BCUT2D eigenvalue weighted by Gasteiger charge is 2.28. The molecule has 0 bridgehead atoms. The zero-order valence-corrected chi connectivity index (χ0v) is 9.15. The fourth-order valence-corrected chi connectivity index (χ4v) is 1.64. The molecule has 1 aliphatic rings. The molecule has 92 valence electrons. The topological polar surface area (TPSA) is 133 Å². The van der Waals surface area contributed by atoms with E-state index in [0.717, 1.165) is 0 Å². The Morgan fingerprint density at radius 2 is 2.35 bits per heavy atom. The van der Waals surface area contributed by atoms with Gasteiger partial charge < -0.3 is 21.5 Å². The van der Waals surface area contributed by atoms with Crippen LogP contribution in [0.1, 0.15) is 6.92 Å². The van der Waals surface area contributed by atoms with Gasteiger partial charge >= 0.3 is 0 Å². The number of nitrogens with zero attached hydrogens (tertiary/aromatic N) is 1. The molecule has 2 rings (SSSR count). The molecule has 1 aromatic rings. The van der Waals surface area contributed by atoms with Crippen molar-refractivity contribution in [1.82, 2.24) is 9.97 Å². The molecule has 17 heavy (non-hydrogen) atoms. The van der Waals surface area contributed by atoms with Gasteiger partial charge in [0.1, 0.15) is 17.8 Å². The summed E-state index contributed by atoms with van der Waals surface area (Å²) in [6.07, 6.45) is -1.09. The summed E-state index contributed by atoms with van der Waals surface area (Å²) in [7, 11) is 0. The zero-order chi connectivity index (χ0) is 12.6. The minimum Gasteiger partial charge on any atom is -0.386 e. The molecule has 1 unspecified atom stereocenters. The second-order valence-electron chi connectivity index (χ2n) is 3.83. The predicted octanol–water partition coefficient (Wildman–Crippen LogP) is -1.49. The predicted molar refractivity (Wildman–Crippen MR) is 61.9 cm³/mol. The van der Waals surface area contributed by atoms with Crippen molar-refractivity contribution in [2.45, 2.75) is 19.1 Å². The quantitative estimate of drug-likeness (QED) is 0.424. The van der Waals surface area contributed by atoms with E-state index in [1.807, 2.05) is 0 Å². The third-order valence-corrected chi connectivity index (χ3v) is 2.49. The summed E-state index contributed by atoms with van der Waals surface area (Å²) in [5.74, 6) is -0.0800. The van der Waals surface area contributed by atoms with Crippen LogP contribution in [-0.4, -0.2) is 39.5 Å². The Morgan fingerprint density at radius 3 is 3.00 bits per heavy atom. The largest absolute Gasteiger partial charge is 0.386 e. The third kappa shape index (κ3) is 2.07. The van der Waals surface area contributed by atoms with E-state index in [2.05, 4.69) is 20.6 Å². The van der Waals surface area contributed by atoms with Gasteiger partial charge in [-0.3, -0.25) is 14.6 Å². The van der Waals surface area contributed by atoms with Gasteiger partial charge in [0, 0.05) is 6.54 Å². The molecule has 6 N–H and O–H groups in total. The number of hydrogen-bond donors (Lipinski definition) is 5. The summed E-state index contributed by atoms with van der Waals surface area (Å²) < 4.78 is 0. The molecular weight excluding hydrogens is 226 g/mol. The zero-order valence-electron chi connectivity index (χ0n) is 9.15. The Bertz CT molecular complexity index is 510. The highest BCUT2D eigenvalue weighted by Crippen LogP contribution is 2.20. The Balaban J connectivity index is 2.31. The summed E-state index contributed by atoms with van der Waals surface area (Å²) in [4.78, 5) is 29.4. The summed E-state index contributed by atoms with van der Waals surface area (Å²) in [5.41, 5.74) is 5.09. The van der Waals surface area contributed by atoms with Crippen LogP contribution in [-0.2, 0) is 4.79 Å². The number of Topliss-reactive ketones (excluding diaryl/α,β-unsaturated/α-hetero) is 1. The first-order chi connectivity index (χ1) is 7.99. The molecule has 1 aromatic heterocycles. The number of fused-ring (bicyclic) bond motifs is 1. The second kappa shape index (κ2) is 4.06. The van der Waals surface area contributed by atoms with E-state index in [4.69, 9.17) is 5.73 Å². The van der Waals surface area contributed by atoms with Crippen molar-refractivity contribution in [1.29, 1.82) is 0 Å². The van der Waals surface area contributed by atoms with Gasteiger partial charge in [-0.25, -0.2) is 0 Å². The molecule has 0 radical (unpaired) electrons. The van der Waals surface area contributed by atoms with Gasteiger partial charge in [-0.05, 0) is 6.92 Å². The van der Waals surface area contributed by atoms with Crippen molar-refractivity contribution in [3.8, 4) is 0 Å². The summed E-state index contributed by atoms with van der Waals surface area (Å²) in [6, 6.07) is -0.658. The molecule has 0 saturated heterocycles. The van der Waals surface area contributed by atoms with Crippen molar-refractivity contribution >= 4 is 23.2 Å². The number of nitrogens with two attached hydrogens (primary N) is 1. The fourth-order valence-electron chi connectivity index (χ4n) is 1.64.